The van der Waals surface area contributed by atoms with E-state index in [4.69, 9.17) is 9.40 Å². The van der Waals surface area contributed by atoms with Crippen molar-refractivity contribution in [2.75, 3.05) is 32.1 Å². The summed E-state index contributed by atoms with van der Waals surface area (Å²) in [7, 11) is 4.00. The van der Waals surface area contributed by atoms with Crippen molar-refractivity contribution in [1.82, 2.24) is 9.88 Å². The zero-order chi connectivity index (χ0) is 19.0. The van der Waals surface area contributed by atoms with Crippen molar-refractivity contribution in [2.24, 2.45) is 0 Å². The van der Waals surface area contributed by atoms with Gasteiger partial charge in [-0.1, -0.05) is 17.4 Å². The largest absolute Gasteiger partial charge is 0.466 e. The molecule has 0 aliphatic carbocycles. The fraction of sp³-hybridized carbons (Fsp3) is 0.400. The van der Waals surface area contributed by atoms with Gasteiger partial charge in [-0.2, -0.15) is 0 Å². The Bertz CT molecular complexity index is 962. The number of halogens is 1. The number of rotatable bonds is 5. The number of likely N-dealkylation sites (N-methyl/N-ethyl adjacent to an activating group) is 1. The zero-order valence-corrected chi connectivity index (χ0v) is 18.3. The molecule has 7 heteroatoms. The lowest BCUT2D eigenvalue weighted by molar-refractivity contribution is 0.0983. The minimum absolute atomic E-state index is 0. The number of anilines is 1. The summed E-state index contributed by atoms with van der Waals surface area (Å²) < 4.78 is 6.67. The van der Waals surface area contributed by atoms with Crippen LogP contribution >= 0.6 is 23.7 Å². The van der Waals surface area contributed by atoms with Crippen molar-refractivity contribution >= 4 is 45.0 Å². The van der Waals surface area contributed by atoms with Gasteiger partial charge in [0, 0.05) is 13.1 Å². The predicted molar refractivity (Wildman–Crippen MR) is 115 cm³/mol. The first-order chi connectivity index (χ1) is 12.3. The lowest BCUT2D eigenvalue weighted by Crippen LogP contribution is -2.36. The number of furan rings is 1. The van der Waals surface area contributed by atoms with Crippen LogP contribution in [0.3, 0.4) is 0 Å². The minimum atomic E-state index is -0.0605. The summed E-state index contributed by atoms with van der Waals surface area (Å²) in [5, 5.41) is 0.735. The summed E-state index contributed by atoms with van der Waals surface area (Å²) >= 11 is 1.56. The molecule has 5 nitrogen and oxygen atoms in total. The molecule has 27 heavy (non-hydrogen) atoms. The number of hydrogen-bond donors (Lipinski definition) is 0. The highest BCUT2D eigenvalue weighted by Crippen LogP contribution is 2.33. The average molecular weight is 408 g/mol. The molecule has 1 amide bonds. The molecule has 0 radical (unpaired) electrons. The maximum Gasteiger partial charge on any atom is 0.263 e. The Kier molecular flexibility index (Phi) is 6.68. The highest BCUT2D eigenvalue weighted by Gasteiger charge is 2.25. The summed E-state index contributed by atoms with van der Waals surface area (Å²) in [6, 6.07) is 6.00. The van der Waals surface area contributed by atoms with E-state index in [0.717, 1.165) is 27.7 Å². The Morgan fingerprint density at radius 3 is 2.44 bits per heavy atom. The summed E-state index contributed by atoms with van der Waals surface area (Å²) in [4.78, 5) is 21.9. The first-order valence-electron chi connectivity index (χ1n) is 8.68. The monoisotopic (exact) mass is 407 g/mol. The van der Waals surface area contributed by atoms with Crippen molar-refractivity contribution in [3.05, 3.63) is 46.4 Å². The standard InChI is InChI=1S/C20H25N3O2S.ClH/c1-12-7-8-17-18(14(12)3)21-20(26-17)23(10-9-22(5)6)19(24)16-11-13(2)25-15(16)4;/h7-8,11H,9-10H2,1-6H3;1H. The molecule has 0 atom stereocenters. The van der Waals surface area contributed by atoms with Gasteiger partial charge >= 0.3 is 0 Å². The second kappa shape index (κ2) is 8.42. The highest BCUT2D eigenvalue weighted by molar-refractivity contribution is 7.22. The number of aryl methyl sites for hydroxylation is 4. The van der Waals surface area contributed by atoms with E-state index >= 15 is 0 Å². The smallest absolute Gasteiger partial charge is 0.263 e. The second-order valence-corrected chi connectivity index (χ2v) is 7.95. The lowest BCUT2D eigenvalue weighted by Gasteiger charge is -2.21. The van der Waals surface area contributed by atoms with Crippen LogP contribution in [0.4, 0.5) is 5.13 Å². The Morgan fingerprint density at radius 1 is 1.15 bits per heavy atom. The third-order valence-electron chi connectivity index (χ3n) is 4.59. The van der Waals surface area contributed by atoms with Gasteiger partial charge in [-0.25, -0.2) is 4.98 Å². The van der Waals surface area contributed by atoms with E-state index in [0.29, 0.717) is 17.9 Å². The Balaban J connectivity index is 0.00000261. The maximum atomic E-state index is 13.2. The molecule has 0 aliphatic heterocycles. The van der Waals surface area contributed by atoms with Crippen molar-refractivity contribution in [3.8, 4) is 0 Å². The number of benzene rings is 1. The molecule has 0 bridgehead atoms. The van der Waals surface area contributed by atoms with Crippen LogP contribution < -0.4 is 4.90 Å². The molecular weight excluding hydrogens is 382 g/mol. The molecule has 0 N–H and O–H groups in total. The maximum absolute atomic E-state index is 13.2. The van der Waals surface area contributed by atoms with Gasteiger partial charge in [-0.05, 0) is 65.0 Å². The van der Waals surface area contributed by atoms with Crippen molar-refractivity contribution in [1.29, 1.82) is 0 Å². The van der Waals surface area contributed by atoms with Gasteiger partial charge < -0.3 is 9.32 Å². The van der Waals surface area contributed by atoms with Crippen LogP contribution in [0.5, 0.6) is 0 Å². The first kappa shape index (κ1) is 21.4. The molecule has 0 spiro atoms. The number of thiazole rings is 1. The van der Waals surface area contributed by atoms with Gasteiger partial charge in [0.1, 0.15) is 11.5 Å². The number of amides is 1. The molecule has 2 aromatic heterocycles. The van der Waals surface area contributed by atoms with Gasteiger partial charge in [0.25, 0.3) is 5.91 Å². The summed E-state index contributed by atoms with van der Waals surface area (Å²) in [6.07, 6.45) is 0. The summed E-state index contributed by atoms with van der Waals surface area (Å²) in [5.41, 5.74) is 3.96. The van der Waals surface area contributed by atoms with Gasteiger partial charge in [0.05, 0.1) is 15.8 Å². The number of nitrogens with zero attached hydrogens (tertiary/aromatic N) is 3. The summed E-state index contributed by atoms with van der Waals surface area (Å²) in [5.74, 6) is 1.33. The lowest BCUT2D eigenvalue weighted by atomic mass is 10.1. The fourth-order valence-corrected chi connectivity index (χ4v) is 3.95. The van der Waals surface area contributed by atoms with Crippen molar-refractivity contribution < 1.29 is 9.21 Å². The Morgan fingerprint density at radius 2 is 1.85 bits per heavy atom. The van der Waals surface area contributed by atoms with Gasteiger partial charge in [0.15, 0.2) is 5.13 Å². The molecule has 0 saturated heterocycles. The molecule has 2 heterocycles. The van der Waals surface area contributed by atoms with Crippen LogP contribution in [-0.4, -0.2) is 43.0 Å². The van der Waals surface area contributed by atoms with Crippen LogP contribution in [0.15, 0.2) is 22.6 Å². The fourth-order valence-electron chi connectivity index (χ4n) is 2.90. The summed E-state index contributed by atoms with van der Waals surface area (Å²) in [6.45, 7) is 9.19. The zero-order valence-electron chi connectivity index (χ0n) is 16.6. The SMILES string of the molecule is Cc1cc(C(=O)N(CCN(C)C)c2nc3c(C)c(C)ccc3s2)c(C)o1.Cl. The predicted octanol–water partition coefficient (Wildman–Crippen LogP) is 4.75. The number of hydrogen-bond acceptors (Lipinski definition) is 5. The van der Waals surface area contributed by atoms with Gasteiger partial charge in [-0.15, -0.1) is 12.4 Å². The molecule has 3 aromatic rings. The number of carbonyl (C=O) groups excluding carboxylic acids is 1. The third-order valence-corrected chi connectivity index (χ3v) is 5.64. The van der Waals surface area contributed by atoms with Crippen LogP contribution in [0.2, 0.25) is 0 Å². The normalized spacial score (nSPS) is 11.1. The van der Waals surface area contributed by atoms with E-state index in [1.54, 1.807) is 16.2 Å². The van der Waals surface area contributed by atoms with Gasteiger partial charge in [0.2, 0.25) is 0 Å². The molecule has 3 rings (SSSR count). The van der Waals surface area contributed by atoms with Crippen LogP contribution in [0.25, 0.3) is 10.2 Å². The Labute approximate surface area is 170 Å². The first-order valence-corrected chi connectivity index (χ1v) is 9.50. The number of fused-ring (bicyclic) bond motifs is 1. The quantitative estimate of drug-likeness (QED) is 0.612. The van der Waals surface area contributed by atoms with Crippen molar-refractivity contribution in [2.45, 2.75) is 27.7 Å². The molecule has 0 aliphatic rings. The molecular formula is C20H26ClN3O2S. The van der Waals surface area contributed by atoms with E-state index in [2.05, 4.69) is 30.9 Å². The van der Waals surface area contributed by atoms with Crippen LogP contribution in [-0.2, 0) is 0 Å². The van der Waals surface area contributed by atoms with E-state index in [1.807, 2.05) is 34.0 Å². The number of aromatic nitrogens is 1. The molecule has 146 valence electrons. The molecule has 0 saturated carbocycles. The molecule has 1 aromatic carbocycles. The van der Waals surface area contributed by atoms with Gasteiger partial charge in [-0.3, -0.25) is 9.69 Å². The Hall–Kier alpha value is -1.89. The second-order valence-electron chi connectivity index (χ2n) is 6.94. The van der Waals surface area contributed by atoms with E-state index in [9.17, 15) is 4.79 Å². The average Bonchev–Trinajstić information content (AvgIpc) is 3.14. The highest BCUT2D eigenvalue weighted by atomic mass is 35.5. The van der Waals surface area contributed by atoms with Crippen LogP contribution in [0.1, 0.15) is 33.0 Å². The number of carbonyl (C=O) groups is 1. The third kappa shape index (κ3) is 4.34. The minimum Gasteiger partial charge on any atom is -0.466 e. The van der Waals surface area contributed by atoms with E-state index in [1.165, 1.54) is 11.1 Å². The molecule has 0 unspecified atom stereocenters. The topological polar surface area (TPSA) is 49.6 Å². The van der Waals surface area contributed by atoms with E-state index < -0.39 is 0 Å². The van der Waals surface area contributed by atoms with Crippen molar-refractivity contribution in [3.63, 3.8) is 0 Å². The van der Waals surface area contributed by atoms with Crippen LogP contribution in [0, 0.1) is 27.7 Å². The molecule has 0 fully saturated rings. The van der Waals surface area contributed by atoms with E-state index in [-0.39, 0.29) is 18.3 Å².